The van der Waals surface area contributed by atoms with Crippen molar-refractivity contribution < 1.29 is 0 Å². The van der Waals surface area contributed by atoms with Crippen LogP contribution in [0.25, 0.3) is 11.4 Å². The molecule has 0 unspecified atom stereocenters. The van der Waals surface area contributed by atoms with E-state index < -0.39 is 0 Å². The van der Waals surface area contributed by atoms with Crippen LogP contribution in [0.15, 0.2) is 30.7 Å². The number of aryl methyl sites for hydroxylation is 1. The van der Waals surface area contributed by atoms with Crippen LogP contribution in [0.5, 0.6) is 0 Å². The third-order valence-corrected chi connectivity index (χ3v) is 1.91. The molecule has 70 valence electrons. The van der Waals surface area contributed by atoms with E-state index in [2.05, 4.69) is 20.2 Å². The SMILES string of the molecule is CCc1ccc(-c2cnccn2)nn1. The molecule has 0 N–H and O–H groups in total. The summed E-state index contributed by atoms with van der Waals surface area (Å²) in [6, 6.07) is 3.87. The molecule has 0 radical (unpaired) electrons. The van der Waals surface area contributed by atoms with Crippen molar-refractivity contribution in [2.45, 2.75) is 13.3 Å². The summed E-state index contributed by atoms with van der Waals surface area (Å²) in [6.07, 6.45) is 5.85. The fourth-order valence-corrected chi connectivity index (χ4v) is 1.12. The molecule has 0 spiro atoms. The summed E-state index contributed by atoms with van der Waals surface area (Å²) in [5.41, 5.74) is 2.50. The van der Waals surface area contributed by atoms with Crippen molar-refractivity contribution in [3.8, 4) is 11.4 Å². The zero-order valence-corrected chi connectivity index (χ0v) is 7.88. The topological polar surface area (TPSA) is 51.6 Å². The number of rotatable bonds is 2. The predicted molar refractivity (Wildman–Crippen MR) is 52.4 cm³/mol. The Kier molecular flexibility index (Phi) is 2.44. The van der Waals surface area contributed by atoms with Gasteiger partial charge in [0.2, 0.25) is 0 Å². The maximum Gasteiger partial charge on any atom is 0.113 e. The van der Waals surface area contributed by atoms with Crippen LogP contribution >= 0.6 is 0 Å². The van der Waals surface area contributed by atoms with Gasteiger partial charge in [0.25, 0.3) is 0 Å². The molecular formula is C10H10N4. The van der Waals surface area contributed by atoms with Crippen LogP contribution in [0.1, 0.15) is 12.6 Å². The average Bonchev–Trinajstić information content (AvgIpc) is 2.30. The summed E-state index contributed by atoms with van der Waals surface area (Å²) in [5, 5.41) is 8.12. The first-order valence-corrected chi connectivity index (χ1v) is 4.49. The molecule has 4 nitrogen and oxygen atoms in total. The van der Waals surface area contributed by atoms with E-state index in [1.54, 1.807) is 18.6 Å². The largest absolute Gasteiger partial charge is 0.261 e. The average molecular weight is 186 g/mol. The zero-order chi connectivity index (χ0) is 9.80. The second-order valence-electron chi connectivity index (χ2n) is 2.85. The van der Waals surface area contributed by atoms with Gasteiger partial charge < -0.3 is 0 Å². The van der Waals surface area contributed by atoms with Crippen molar-refractivity contribution in [3.05, 3.63) is 36.4 Å². The van der Waals surface area contributed by atoms with E-state index in [0.717, 1.165) is 23.5 Å². The predicted octanol–water partition coefficient (Wildman–Crippen LogP) is 1.50. The first kappa shape index (κ1) is 8.74. The summed E-state index contributed by atoms with van der Waals surface area (Å²) in [5.74, 6) is 0. The fraction of sp³-hybridized carbons (Fsp3) is 0.200. The van der Waals surface area contributed by atoms with Crippen LogP contribution in [0.2, 0.25) is 0 Å². The molecule has 0 aliphatic carbocycles. The molecule has 0 aliphatic heterocycles. The van der Waals surface area contributed by atoms with E-state index in [1.807, 2.05) is 19.1 Å². The lowest BCUT2D eigenvalue weighted by atomic mass is 10.2. The van der Waals surface area contributed by atoms with Gasteiger partial charge in [-0.1, -0.05) is 6.92 Å². The molecule has 2 aromatic heterocycles. The third-order valence-electron chi connectivity index (χ3n) is 1.91. The Balaban J connectivity index is 2.34. The summed E-state index contributed by atoms with van der Waals surface area (Å²) in [6.45, 7) is 2.05. The molecule has 2 rings (SSSR count). The quantitative estimate of drug-likeness (QED) is 0.713. The molecule has 0 saturated carbocycles. The minimum absolute atomic E-state index is 0.752. The van der Waals surface area contributed by atoms with Gasteiger partial charge in [-0.05, 0) is 18.6 Å². The van der Waals surface area contributed by atoms with Crippen LogP contribution < -0.4 is 0 Å². The molecule has 14 heavy (non-hydrogen) atoms. The van der Waals surface area contributed by atoms with Crippen LogP contribution in [0.4, 0.5) is 0 Å². The minimum Gasteiger partial charge on any atom is -0.261 e. The van der Waals surface area contributed by atoms with Crippen LogP contribution in [0, 0.1) is 0 Å². The van der Waals surface area contributed by atoms with Crippen molar-refractivity contribution >= 4 is 0 Å². The van der Waals surface area contributed by atoms with Crippen molar-refractivity contribution in [3.63, 3.8) is 0 Å². The Hall–Kier alpha value is -1.84. The normalized spacial score (nSPS) is 10.1. The smallest absolute Gasteiger partial charge is 0.113 e. The van der Waals surface area contributed by atoms with E-state index in [4.69, 9.17) is 0 Å². The van der Waals surface area contributed by atoms with Crippen LogP contribution in [-0.2, 0) is 6.42 Å². The van der Waals surface area contributed by atoms with Gasteiger partial charge in [0.05, 0.1) is 11.9 Å². The Morgan fingerprint density at radius 1 is 1.07 bits per heavy atom. The molecule has 0 aliphatic rings. The van der Waals surface area contributed by atoms with Gasteiger partial charge in [-0.2, -0.15) is 5.10 Å². The lowest BCUT2D eigenvalue weighted by Gasteiger charge is -1.98. The molecular weight excluding hydrogens is 176 g/mol. The molecule has 0 amide bonds. The van der Waals surface area contributed by atoms with Crippen LogP contribution in [0.3, 0.4) is 0 Å². The second-order valence-corrected chi connectivity index (χ2v) is 2.85. The Bertz CT molecular complexity index is 396. The summed E-state index contributed by atoms with van der Waals surface area (Å²) < 4.78 is 0. The number of nitrogens with zero attached hydrogens (tertiary/aromatic N) is 4. The van der Waals surface area contributed by atoms with Gasteiger partial charge >= 0.3 is 0 Å². The number of hydrogen-bond acceptors (Lipinski definition) is 4. The highest BCUT2D eigenvalue weighted by atomic mass is 15.1. The molecule has 0 atom stereocenters. The van der Waals surface area contributed by atoms with Gasteiger partial charge in [0.15, 0.2) is 0 Å². The Morgan fingerprint density at radius 3 is 2.57 bits per heavy atom. The number of aromatic nitrogens is 4. The van der Waals surface area contributed by atoms with Gasteiger partial charge in [0, 0.05) is 12.4 Å². The van der Waals surface area contributed by atoms with Crippen molar-refractivity contribution in [1.82, 2.24) is 20.2 Å². The molecule has 0 bridgehead atoms. The fourth-order valence-electron chi connectivity index (χ4n) is 1.12. The standard InChI is InChI=1S/C10H10N4/c1-2-8-3-4-9(14-13-8)10-7-11-5-6-12-10/h3-7H,2H2,1H3. The first-order chi connectivity index (χ1) is 6.90. The molecule has 4 heteroatoms. The molecule has 0 aromatic carbocycles. The highest BCUT2D eigenvalue weighted by Gasteiger charge is 2.00. The summed E-state index contributed by atoms with van der Waals surface area (Å²) in [7, 11) is 0. The molecule has 2 heterocycles. The lowest BCUT2D eigenvalue weighted by molar-refractivity contribution is 0.919. The maximum atomic E-state index is 4.14. The van der Waals surface area contributed by atoms with Gasteiger partial charge in [-0.15, -0.1) is 5.10 Å². The molecule has 0 fully saturated rings. The van der Waals surface area contributed by atoms with Crippen molar-refractivity contribution in [2.24, 2.45) is 0 Å². The van der Waals surface area contributed by atoms with Gasteiger partial charge in [-0.25, -0.2) is 0 Å². The van der Waals surface area contributed by atoms with Crippen LogP contribution in [-0.4, -0.2) is 20.2 Å². The summed E-state index contributed by atoms with van der Waals surface area (Å²) in [4.78, 5) is 8.11. The van der Waals surface area contributed by atoms with E-state index >= 15 is 0 Å². The Labute approximate surface area is 82.1 Å². The van der Waals surface area contributed by atoms with Crippen molar-refractivity contribution in [1.29, 1.82) is 0 Å². The highest BCUT2D eigenvalue weighted by Crippen LogP contribution is 2.10. The molecule has 2 aromatic rings. The number of hydrogen-bond donors (Lipinski definition) is 0. The van der Waals surface area contributed by atoms with E-state index in [9.17, 15) is 0 Å². The second kappa shape index (κ2) is 3.91. The monoisotopic (exact) mass is 186 g/mol. The summed E-state index contributed by atoms with van der Waals surface area (Å²) >= 11 is 0. The van der Waals surface area contributed by atoms with E-state index in [0.29, 0.717) is 0 Å². The molecule has 0 saturated heterocycles. The van der Waals surface area contributed by atoms with Gasteiger partial charge in [0.1, 0.15) is 11.4 Å². The maximum absolute atomic E-state index is 4.14. The van der Waals surface area contributed by atoms with E-state index in [1.165, 1.54) is 0 Å². The van der Waals surface area contributed by atoms with Gasteiger partial charge in [-0.3, -0.25) is 9.97 Å². The first-order valence-electron chi connectivity index (χ1n) is 4.49. The van der Waals surface area contributed by atoms with Crippen molar-refractivity contribution in [2.75, 3.05) is 0 Å². The Morgan fingerprint density at radius 2 is 2.00 bits per heavy atom. The highest BCUT2D eigenvalue weighted by molar-refractivity contribution is 5.51. The van der Waals surface area contributed by atoms with E-state index in [-0.39, 0.29) is 0 Å². The minimum atomic E-state index is 0.752. The zero-order valence-electron chi connectivity index (χ0n) is 7.88. The lowest BCUT2D eigenvalue weighted by Crippen LogP contribution is -1.94. The third kappa shape index (κ3) is 1.74.